The molecule has 2 N–H and O–H groups in total. The summed E-state index contributed by atoms with van der Waals surface area (Å²) < 4.78 is 10.8. The summed E-state index contributed by atoms with van der Waals surface area (Å²) in [5.74, 6) is 1.61. The fraction of sp³-hybridized carbons (Fsp3) is 0.176. The van der Waals surface area contributed by atoms with Gasteiger partial charge in [0.05, 0.1) is 6.61 Å². The monoisotopic (exact) mass is 339 g/mol. The number of benzene rings is 1. The lowest BCUT2D eigenvalue weighted by molar-refractivity contribution is -0.118. The van der Waals surface area contributed by atoms with Crippen LogP contribution >= 0.6 is 0 Å². The van der Waals surface area contributed by atoms with E-state index in [1.54, 1.807) is 42.6 Å². The van der Waals surface area contributed by atoms with Crippen LogP contribution in [-0.2, 0) is 4.79 Å². The second-order valence-corrected chi connectivity index (χ2v) is 4.96. The Kier molecular flexibility index (Phi) is 5.20. The van der Waals surface area contributed by atoms with Gasteiger partial charge in [-0.15, -0.1) is 5.10 Å². The summed E-state index contributed by atoms with van der Waals surface area (Å²) in [5, 5.41) is 9.23. The van der Waals surface area contributed by atoms with Crippen LogP contribution in [0, 0.1) is 0 Å². The van der Waals surface area contributed by atoms with Gasteiger partial charge in [-0.25, -0.2) is 0 Å². The van der Waals surface area contributed by atoms with Crippen LogP contribution in [0.15, 0.2) is 48.7 Å². The van der Waals surface area contributed by atoms with Gasteiger partial charge < -0.3 is 9.47 Å². The molecule has 3 rings (SSSR count). The lowest BCUT2D eigenvalue weighted by Gasteiger charge is -2.07. The number of hydrogen-bond donors (Lipinski definition) is 2. The maximum atomic E-state index is 11.9. The van der Waals surface area contributed by atoms with Gasteiger partial charge in [0.15, 0.2) is 12.4 Å². The molecule has 25 heavy (non-hydrogen) atoms. The molecule has 0 radical (unpaired) electrons. The van der Waals surface area contributed by atoms with Crippen molar-refractivity contribution in [1.29, 1.82) is 0 Å². The molecule has 2 aromatic heterocycles. The third kappa shape index (κ3) is 4.54. The Hall–Kier alpha value is -3.42. The first-order valence-electron chi connectivity index (χ1n) is 7.74. The number of rotatable bonds is 7. The maximum Gasteiger partial charge on any atom is 0.264 e. The summed E-state index contributed by atoms with van der Waals surface area (Å²) in [7, 11) is 0. The van der Waals surface area contributed by atoms with Gasteiger partial charge in [-0.3, -0.25) is 20.2 Å². The molecule has 2 heterocycles. The van der Waals surface area contributed by atoms with E-state index in [9.17, 15) is 4.79 Å². The van der Waals surface area contributed by atoms with Gasteiger partial charge in [-0.2, -0.15) is 4.98 Å². The first-order chi connectivity index (χ1) is 12.2. The van der Waals surface area contributed by atoms with Crippen molar-refractivity contribution in [2.24, 2.45) is 0 Å². The third-order valence-corrected chi connectivity index (χ3v) is 3.15. The number of carbonyl (C=O) groups excluding carboxylic acids is 1. The summed E-state index contributed by atoms with van der Waals surface area (Å²) in [6, 6.07) is 12.5. The molecule has 0 bridgehead atoms. The molecule has 0 saturated carbocycles. The molecule has 0 saturated heterocycles. The number of hydrogen-bond acceptors (Lipinski definition) is 6. The van der Waals surface area contributed by atoms with Gasteiger partial charge in [0.25, 0.3) is 5.91 Å². The number of amides is 1. The highest BCUT2D eigenvalue weighted by Gasteiger charge is 2.10. The smallest absolute Gasteiger partial charge is 0.264 e. The second-order valence-electron chi connectivity index (χ2n) is 4.96. The average molecular weight is 339 g/mol. The van der Waals surface area contributed by atoms with E-state index in [0.717, 1.165) is 5.75 Å². The van der Waals surface area contributed by atoms with Gasteiger partial charge in [0, 0.05) is 6.20 Å². The SMILES string of the molecule is CCOc1ccc(OCC(=O)Nc2n[nH]c(-c3ccccn3)n2)cc1. The molecule has 0 aliphatic carbocycles. The number of pyridine rings is 1. The van der Waals surface area contributed by atoms with Gasteiger partial charge in [-0.1, -0.05) is 6.07 Å². The zero-order valence-electron chi connectivity index (χ0n) is 13.6. The van der Waals surface area contributed by atoms with Crippen molar-refractivity contribution in [3.8, 4) is 23.0 Å². The Labute approximate surface area is 144 Å². The maximum absolute atomic E-state index is 11.9. The van der Waals surface area contributed by atoms with E-state index in [1.807, 2.05) is 13.0 Å². The minimum atomic E-state index is -0.361. The molecule has 0 aliphatic heterocycles. The van der Waals surface area contributed by atoms with Crippen molar-refractivity contribution in [3.05, 3.63) is 48.7 Å². The molecule has 1 amide bonds. The predicted molar refractivity (Wildman–Crippen MR) is 91.3 cm³/mol. The van der Waals surface area contributed by atoms with Crippen molar-refractivity contribution in [3.63, 3.8) is 0 Å². The van der Waals surface area contributed by atoms with Crippen LogP contribution in [0.25, 0.3) is 11.5 Å². The van der Waals surface area contributed by atoms with Gasteiger partial charge in [-0.05, 0) is 43.3 Å². The number of nitrogens with one attached hydrogen (secondary N) is 2. The first-order valence-corrected chi connectivity index (χ1v) is 7.74. The minimum Gasteiger partial charge on any atom is -0.494 e. The fourth-order valence-electron chi connectivity index (χ4n) is 2.04. The number of carbonyl (C=O) groups is 1. The predicted octanol–water partition coefficient (Wildman–Crippen LogP) is 2.28. The van der Waals surface area contributed by atoms with Crippen molar-refractivity contribution in [1.82, 2.24) is 20.2 Å². The van der Waals surface area contributed by atoms with Crippen molar-refractivity contribution in [2.75, 3.05) is 18.5 Å². The van der Waals surface area contributed by atoms with Gasteiger partial charge in [0.2, 0.25) is 5.95 Å². The summed E-state index contributed by atoms with van der Waals surface area (Å²) in [6.45, 7) is 2.36. The average Bonchev–Trinajstić information content (AvgIpc) is 3.11. The Balaban J connectivity index is 1.52. The number of aromatic amines is 1. The Morgan fingerprint density at radius 1 is 1.12 bits per heavy atom. The molecule has 0 atom stereocenters. The van der Waals surface area contributed by atoms with Gasteiger partial charge in [0.1, 0.15) is 17.2 Å². The largest absolute Gasteiger partial charge is 0.494 e. The fourth-order valence-corrected chi connectivity index (χ4v) is 2.04. The molecule has 0 spiro atoms. The molecule has 3 aromatic rings. The number of H-pyrrole nitrogens is 1. The Morgan fingerprint density at radius 3 is 2.56 bits per heavy atom. The summed E-state index contributed by atoms with van der Waals surface area (Å²) >= 11 is 0. The Morgan fingerprint density at radius 2 is 1.88 bits per heavy atom. The van der Waals surface area contributed by atoms with Crippen LogP contribution in [0.5, 0.6) is 11.5 Å². The first kappa shape index (κ1) is 16.4. The van der Waals surface area contributed by atoms with Crippen molar-refractivity contribution in [2.45, 2.75) is 6.92 Å². The second kappa shape index (κ2) is 7.91. The number of anilines is 1. The molecular formula is C17H17N5O3. The normalized spacial score (nSPS) is 10.3. The van der Waals surface area contributed by atoms with E-state index in [0.29, 0.717) is 23.9 Å². The van der Waals surface area contributed by atoms with Crippen LogP contribution in [0.1, 0.15) is 6.92 Å². The lowest BCUT2D eigenvalue weighted by Crippen LogP contribution is -2.20. The highest BCUT2D eigenvalue weighted by Crippen LogP contribution is 2.17. The molecule has 1 aromatic carbocycles. The van der Waals surface area contributed by atoms with Crippen LogP contribution in [0.4, 0.5) is 5.95 Å². The van der Waals surface area contributed by atoms with Crippen LogP contribution in [-0.4, -0.2) is 39.3 Å². The topological polar surface area (TPSA) is 102 Å². The molecule has 0 unspecified atom stereocenters. The van der Waals surface area contributed by atoms with Gasteiger partial charge >= 0.3 is 0 Å². The molecular weight excluding hydrogens is 322 g/mol. The summed E-state index contributed by atoms with van der Waals surface area (Å²) in [5.41, 5.74) is 0.640. The third-order valence-electron chi connectivity index (χ3n) is 3.15. The van der Waals surface area contributed by atoms with Crippen LogP contribution < -0.4 is 14.8 Å². The van der Waals surface area contributed by atoms with E-state index in [2.05, 4.69) is 25.5 Å². The van der Waals surface area contributed by atoms with E-state index in [1.165, 1.54) is 0 Å². The van der Waals surface area contributed by atoms with Crippen LogP contribution in [0.2, 0.25) is 0 Å². The standard InChI is InChI=1S/C17H17N5O3/c1-2-24-12-6-8-13(9-7-12)25-11-15(23)19-17-20-16(21-22-17)14-5-3-4-10-18-14/h3-10H,2,11H2,1H3,(H2,19,20,21,22,23). The Bertz CT molecular complexity index is 818. The van der Waals surface area contributed by atoms with E-state index < -0.39 is 0 Å². The van der Waals surface area contributed by atoms with E-state index in [-0.39, 0.29) is 18.5 Å². The highest BCUT2D eigenvalue weighted by molar-refractivity contribution is 5.90. The van der Waals surface area contributed by atoms with Crippen molar-refractivity contribution < 1.29 is 14.3 Å². The zero-order chi connectivity index (χ0) is 17.5. The number of aromatic nitrogens is 4. The summed E-state index contributed by atoms with van der Waals surface area (Å²) in [6.07, 6.45) is 1.65. The lowest BCUT2D eigenvalue weighted by atomic mass is 10.3. The molecule has 0 fully saturated rings. The zero-order valence-corrected chi connectivity index (χ0v) is 13.6. The quantitative estimate of drug-likeness (QED) is 0.685. The molecule has 8 nitrogen and oxygen atoms in total. The van der Waals surface area contributed by atoms with Crippen LogP contribution in [0.3, 0.4) is 0 Å². The molecule has 128 valence electrons. The molecule has 0 aliphatic rings. The van der Waals surface area contributed by atoms with Crippen molar-refractivity contribution >= 4 is 11.9 Å². The van der Waals surface area contributed by atoms with E-state index >= 15 is 0 Å². The number of ether oxygens (including phenoxy) is 2. The number of nitrogens with zero attached hydrogens (tertiary/aromatic N) is 3. The molecule has 8 heteroatoms. The highest BCUT2D eigenvalue weighted by atomic mass is 16.5. The van der Waals surface area contributed by atoms with E-state index in [4.69, 9.17) is 9.47 Å². The summed E-state index contributed by atoms with van der Waals surface area (Å²) in [4.78, 5) is 20.3. The minimum absolute atomic E-state index is 0.151.